The summed E-state index contributed by atoms with van der Waals surface area (Å²) in [4.78, 5) is 12.6. The molecule has 0 radical (unpaired) electrons. The molecule has 31 heavy (non-hydrogen) atoms. The molecule has 1 aromatic heterocycles. The van der Waals surface area contributed by atoms with Crippen molar-refractivity contribution in [3.63, 3.8) is 0 Å². The van der Waals surface area contributed by atoms with Crippen molar-refractivity contribution in [2.45, 2.75) is 13.0 Å². The monoisotopic (exact) mass is 436 g/mol. The zero-order valence-electron chi connectivity index (χ0n) is 16.5. The number of nitrogens with one attached hydrogen (secondary N) is 2. The number of amides is 2. The van der Waals surface area contributed by atoms with E-state index in [4.69, 9.17) is 16.0 Å². The third kappa shape index (κ3) is 4.73. The number of aromatic nitrogens is 2. The maximum absolute atomic E-state index is 13.8. The molecular formula is C23H18ClFN4O2. The van der Waals surface area contributed by atoms with Gasteiger partial charge in [0.2, 0.25) is 11.8 Å². The minimum atomic E-state index is -0.722. The van der Waals surface area contributed by atoms with E-state index in [0.29, 0.717) is 21.8 Å². The molecule has 0 saturated carbocycles. The number of halogens is 2. The highest BCUT2D eigenvalue weighted by Crippen LogP contribution is 2.29. The first-order valence-electron chi connectivity index (χ1n) is 9.48. The number of rotatable bonds is 5. The summed E-state index contributed by atoms with van der Waals surface area (Å²) in [6.07, 6.45) is 0. The van der Waals surface area contributed by atoms with Gasteiger partial charge in [0, 0.05) is 5.69 Å². The average Bonchev–Trinajstić information content (AvgIpc) is 3.25. The van der Waals surface area contributed by atoms with Crippen molar-refractivity contribution in [3.05, 3.63) is 101 Å². The Morgan fingerprint density at radius 2 is 1.77 bits per heavy atom. The second-order valence-electron chi connectivity index (χ2n) is 6.83. The van der Waals surface area contributed by atoms with Gasteiger partial charge in [0.25, 0.3) is 0 Å². The number of nitrogens with zero attached hydrogens (tertiary/aromatic N) is 2. The number of anilines is 1. The molecule has 2 N–H and O–H groups in total. The van der Waals surface area contributed by atoms with E-state index in [9.17, 15) is 9.18 Å². The summed E-state index contributed by atoms with van der Waals surface area (Å²) in [5, 5.41) is 14.1. The standard InChI is InChI=1S/C23H18ClFN4O2/c1-14-11-12-16(13-19(14)25)26-23(30)27-20(15-7-3-2-4-8-15)22-29-28-21(31-22)17-9-5-6-10-18(17)24/h2-13,20H,1H3,(H2,26,27,30)/t20-/m0/s1. The van der Waals surface area contributed by atoms with Crippen LogP contribution in [0.15, 0.2) is 77.2 Å². The molecule has 0 saturated heterocycles. The van der Waals surface area contributed by atoms with E-state index in [1.807, 2.05) is 36.4 Å². The fourth-order valence-corrected chi connectivity index (χ4v) is 3.21. The minimum absolute atomic E-state index is 0.186. The van der Waals surface area contributed by atoms with E-state index in [-0.39, 0.29) is 11.8 Å². The molecule has 8 heteroatoms. The summed E-state index contributed by atoms with van der Waals surface area (Å²) in [6, 6.07) is 19.5. The highest BCUT2D eigenvalue weighted by Gasteiger charge is 2.24. The molecule has 1 heterocycles. The van der Waals surface area contributed by atoms with Gasteiger partial charge in [-0.1, -0.05) is 60.1 Å². The fourth-order valence-electron chi connectivity index (χ4n) is 3.00. The van der Waals surface area contributed by atoms with Crippen LogP contribution in [0.1, 0.15) is 23.1 Å². The lowest BCUT2D eigenvalue weighted by molar-refractivity contribution is 0.248. The van der Waals surface area contributed by atoms with E-state index in [2.05, 4.69) is 20.8 Å². The van der Waals surface area contributed by atoms with Crippen molar-refractivity contribution < 1.29 is 13.6 Å². The van der Waals surface area contributed by atoms with Gasteiger partial charge >= 0.3 is 6.03 Å². The Balaban J connectivity index is 1.60. The van der Waals surface area contributed by atoms with Gasteiger partial charge in [-0.05, 0) is 42.3 Å². The van der Waals surface area contributed by atoms with Crippen LogP contribution in [0.2, 0.25) is 5.02 Å². The highest BCUT2D eigenvalue weighted by atomic mass is 35.5. The molecule has 156 valence electrons. The molecule has 3 aromatic carbocycles. The topological polar surface area (TPSA) is 80.0 Å². The number of hydrogen-bond acceptors (Lipinski definition) is 4. The van der Waals surface area contributed by atoms with E-state index in [1.165, 1.54) is 6.07 Å². The largest absolute Gasteiger partial charge is 0.418 e. The van der Waals surface area contributed by atoms with Crippen molar-refractivity contribution in [2.24, 2.45) is 0 Å². The summed E-state index contributed by atoms with van der Waals surface area (Å²) in [7, 11) is 0. The second kappa shape index (κ2) is 8.97. The number of carbonyl (C=O) groups excluding carboxylic acids is 1. The van der Waals surface area contributed by atoms with Crippen molar-refractivity contribution >= 4 is 23.3 Å². The van der Waals surface area contributed by atoms with Gasteiger partial charge < -0.3 is 15.1 Å². The molecule has 4 rings (SSSR count). The third-order valence-electron chi connectivity index (χ3n) is 4.63. The van der Waals surface area contributed by atoms with E-state index < -0.39 is 17.9 Å². The first-order valence-corrected chi connectivity index (χ1v) is 9.86. The average molecular weight is 437 g/mol. The lowest BCUT2D eigenvalue weighted by atomic mass is 10.1. The van der Waals surface area contributed by atoms with Crippen LogP contribution >= 0.6 is 11.6 Å². The predicted octanol–water partition coefficient (Wildman–Crippen LogP) is 5.75. The molecule has 0 spiro atoms. The molecule has 0 fully saturated rings. The van der Waals surface area contributed by atoms with E-state index in [1.54, 1.807) is 37.3 Å². The summed E-state index contributed by atoms with van der Waals surface area (Å²) < 4.78 is 19.6. The Bertz CT molecular complexity index is 1210. The second-order valence-corrected chi connectivity index (χ2v) is 7.24. The maximum atomic E-state index is 13.8. The highest BCUT2D eigenvalue weighted by molar-refractivity contribution is 6.33. The van der Waals surface area contributed by atoms with Gasteiger partial charge in [0.05, 0.1) is 10.6 Å². The van der Waals surface area contributed by atoms with Gasteiger partial charge in [-0.2, -0.15) is 0 Å². The number of aryl methyl sites for hydroxylation is 1. The van der Waals surface area contributed by atoms with E-state index >= 15 is 0 Å². The summed E-state index contributed by atoms with van der Waals surface area (Å²) in [5.41, 5.74) is 2.15. The Labute approximate surface area is 183 Å². The molecule has 0 aliphatic heterocycles. The molecule has 4 aromatic rings. The minimum Gasteiger partial charge on any atom is -0.418 e. The molecule has 0 aliphatic rings. The molecule has 2 amide bonds. The first-order chi connectivity index (χ1) is 15.0. The van der Waals surface area contributed by atoms with Crippen LogP contribution in [0.5, 0.6) is 0 Å². The summed E-state index contributed by atoms with van der Waals surface area (Å²) in [6.45, 7) is 1.65. The lowest BCUT2D eigenvalue weighted by Gasteiger charge is -2.16. The van der Waals surface area contributed by atoms with Gasteiger partial charge in [-0.25, -0.2) is 9.18 Å². The number of hydrogen-bond donors (Lipinski definition) is 2. The van der Waals surface area contributed by atoms with Gasteiger partial charge in [0.15, 0.2) is 0 Å². The van der Waals surface area contributed by atoms with Crippen LogP contribution in [0.25, 0.3) is 11.5 Å². The molecular weight excluding hydrogens is 419 g/mol. The van der Waals surface area contributed by atoms with Gasteiger partial charge in [-0.3, -0.25) is 0 Å². The molecule has 0 aliphatic carbocycles. The molecule has 6 nitrogen and oxygen atoms in total. The predicted molar refractivity (Wildman–Crippen MR) is 116 cm³/mol. The Hall–Kier alpha value is -3.71. The third-order valence-corrected chi connectivity index (χ3v) is 4.96. The van der Waals surface area contributed by atoms with Crippen molar-refractivity contribution in [1.82, 2.24) is 15.5 Å². The Morgan fingerprint density at radius 1 is 1.03 bits per heavy atom. The lowest BCUT2D eigenvalue weighted by Crippen LogP contribution is -2.33. The maximum Gasteiger partial charge on any atom is 0.320 e. The summed E-state index contributed by atoms with van der Waals surface area (Å²) >= 11 is 6.22. The smallest absolute Gasteiger partial charge is 0.320 e. The number of urea groups is 1. The zero-order valence-corrected chi connectivity index (χ0v) is 17.2. The summed E-state index contributed by atoms with van der Waals surface area (Å²) in [5.74, 6) is 0.0226. The Kier molecular flexibility index (Phi) is 5.95. The first kappa shape index (κ1) is 20.6. The quantitative estimate of drug-likeness (QED) is 0.417. The van der Waals surface area contributed by atoms with Crippen LogP contribution in [0.4, 0.5) is 14.9 Å². The Morgan fingerprint density at radius 3 is 2.52 bits per heavy atom. The van der Waals surface area contributed by atoms with E-state index in [0.717, 1.165) is 5.56 Å². The van der Waals surface area contributed by atoms with Crippen LogP contribution < -0.4 is 10.6 Å². The van der Waals surface area contributed by atoms with Crippen molar-refractivity contribution in [1.29, 1.82) is 0 Å². The van der Waals surface area contributed by atoms with Gasteiger partial charge in [-0.15, -0.1) is 10.2 Å². The number of carbonyl (C=O) groups is 1. The molecule has 0 unspecified atom stereocenters. The van der Waals surface area contributed by atoms with Crippen LogP contribution in [-0.2, 0) is 0 Å². The van der Waals surface area contributed by atoms with Crippen molar-refractivity contribution in [3.8, 4) is 11.5 Å². The van der Waals surface area contributed by atoms with Crippen LogP contribution in [-0.4, -0.2) is 16.2 Å². The molecule has 1 atom stereocenters. The molecule has 0 bridgehead atoms. The fraction of sp³-hybridized carbons (Fsp3) is 0.0870. The zero-order chi connectivity index (χ0) is 21.8. The van der Waals surface area contributed by atoms with Crippen molar-refractivity contribution in [2.75, 3.05) is 5.32 Å². The number of benzene rings is 3. The van der Waals surface area contributed by atoms with Crippen LogP contribution in [0, 0.1) is 12.7 Å². The normalized spacial score (nSPS) is 11.7. The van der Waals surface area contributed by atoms with Crippen LogP contribution in [0.3, 0.4) is 0 Å². The SMILES string of the molecule is Cc1ccc(NC(=O)N[C@@H](c2ccccc2)c2nnc(-c3ccccc3Cl)o2)cc1F. The van der Waals surface area contributed by atoms with Gasteiger partial charge in [0.1, 0.15) is 11.9 Å².